The van der Waals surface area contributed by atoms with Gasteiger partial charge in [-0.3, -0.25) is 4.90 Å². The largest absolute Gasteiger partial charge is 0.492 e. The molecule has 1 aromatic heterocycles. The monoisotopic (exact) mass is 377 g/mol. The molecule has 2 N–H and O–H groups in total. The molecule has 2 aliphatic rings. The van der Waals surface area contributed by atoms with E-state index in [0.717, 1.165) is 53.9 Å². The summed E-state index contributed by atoms with van der Waals surface area (Å²) in [6.07, 6.45) is 3.12. The normalized spacial score (nSPS) is 20.8. The third-order valence-corrected chi connectivity index (χ3v) is 6.01. The lowest BCUT2D eigenvalue weighted by Crippen LogP contribution is -2.35. The first-order chi connectivity index (χ1) is 13.5. The van der Waals surface area contributed by atoms with Gasteiger partial charge in [0.1, 0.15) is 29.8 Å². The number of rotatable bonds is 5. The summed E-state index contributed by atoms with van der Waals surface area (Å²) in [7, 11) is 6.22. The molecule has 2 aliphatic heterocycles. The Morgan fingerprint density at radius 3 is 2.86 bits per heavy atom. The number of anilines is 1. The zero-order valence-electron chi connectivity index (χ0n) is 16.8. The van der Waals surface area contributed by atoms with E-state index in [1.807, 2.05) is 38.4 Å². The lowest BCUT2D eigenvalue weighted by molar-refractivity contribution is 0.222. The van der Waals surface area contributed by atoms with Crippen molar-refractivity contribution in [1.29, 1.82) is 5.26 Å². The van der Waals surface area contributed by atoms with Gasteiger partial charge in [-0.25, -0.2) is 4.98 Å². The number of hydrogen-bond donors (Lipinski definition) is 1. The fourth-order valence-electron chi connectivity index (χ4n) is 4.54. The van der Waals surface area contributed by atoms with Crippen LogP contribution in [0.4, 0.5) is 5.82 Å². The van der Waals surface area contributed by atoms with Gasteiger partial charge in [-0.2, -0.15) is 5.26 Å². The van der Waals surface area contributed by atoms with Crippen LogP contribution in [-0.4, -0.2) is 55.1 Å². The third-order valence-electron chi connectivity index (χ3n) is 6.01. The van der Waals surface area contributed by atoms with Crippen molar-refractivity contribution >= 4 is 5.82 Å². The summed E-state index contributed by atoms with van der Waals surface area (Å²) in [5.74, 6) is 1.11. The zero-order chi connectivity index (χ0) is 19.8. The van der Waals surface area contributed by atoms with Crippen molar-refractivity contribution in [2.24, 2.45) is 0 Å². The number of fused-ring (bicyclic) bond motifs is 4. The highest BCUT2D eigenvalue weighted by atomic mass is 16.5. The van der Waals surface area contributed by atoms with E-state index >= 15 is 0 Å². The molecule has 1 saturated heterocycles. The van der Waals surface area contributed by atoms with Crippen LogP contribution in [0.15, 0.2) is 24.3 Å². The molecular formula is C22H27N5O. The van der Waals surface area contributed by atoms with Crippen molar-refractivity contribution in [3.05, 3.63) is 41.1 Å². The molecule has 0 radical (unpaired) electrons. The van der Waals surface area contributed by atoms with Gasteiger partial charge >= 0.3 is 0 Å². The molecule has 0 amide bonds. The van der Waals surface area contributed by atoms with Gasteiger partial charge in [-0.15, -0.1) is 0 Å². The van der Waals surface area contributed by atoms with Crippen molar-refractivity contribution in [3.63, 3.8) is 0 Å². The van der Waals surface area contributed by atoms with E-state index in [4.69, 9.17) is 10.5 Å². The number of ether oxygens (including phenoxy) is 1. The first kappa shape index (κ1) is 18.7. The standard InChI is InChI=1S/C22H27N5O/c1-26(2)10-11-28-19-7-5-4-6-15(19)20-16(13-23)22(24)25-17-12-14-8-9-18(21(17)20)27(14)3/h4-7,14,18H,8-12H2,1-3H3,(H2,24,25)/t14-,18+/m0/s1. The minimum atomic E-state index is 0.277. The molecule has 28 heavy (non-hydrogen) atoms. The van der Waals surface area contributed by atoms with E-state index in [9.17, 15) is 5.26 Å². The fourth-order valence-corrected chi connectivity index (χ4v) is 4.54. The lowest BCUT2D eigenvalue weighted by atomic mass is 9.87. The topological polar surface area (TPSA) is 78.4 Å². The summed E-state index contributed by atoms with van der Waals surface area (Å²) in [5.41, 5.74) is 10.7. The van der Waals surface area contributed by atoms with Gasteiger partial charge in [0.2, 0.25) is 0 Å². The SMILES string of the molecule is CN(C)CCOc1ccccc1-c1c(C#N)c(N)nc2c1[C@H]1CC[C@@H](C2)N1C. The van der Waals surface area contributed by atoms with Gasteiger partial charge in [0.15, 0.2) is 0 Å². The number of hydrogen-bond acceptors (Lipinski definition) is 6. The molecule has 1 aromatic carbocycles. The third kappa shape index (κ3) is 3.11. The first-order valence-corrected chi connectivity index (χ1v) is 9.82. The Balaban J connectivity index is 1.87. The van der Waals surface area contributed by atoms with E-state index in [0.29, 0.717) is 24.0 Å². The second kappa shape index (κ2) is 7.42. The van der Waals surface area contributed by atoms with Gasteiger partial charge in [0.25, 0.3) is 0 Å². The highest BCUT2D eigenvalue weighted by Crippen LogP contribution is 2.49. The minimum absolute atomic E-state index is 0.277. The van der Waals surface area contributed by atoms with Crippen LogP contribution in [0, 0.1) is 11.3 Å². The number of nitrogens with zero attached hydrogens (tertiary/aromatic N) is 4. The van der Waals surface area contributed by atoms with Crippen LogP contribution < -0.4 is 10.5 Å². The van der Waals surface area contributed by atoms with E-state index in [1.54, 1.807) is 0 Å². The van der Waals surface area contributed by atoms with Gasteiger partial charge in [-0.1, -0.05) is 18.2 Å². The summed E-state index contributed by atoms with van der Waals surface area (Å²) >= 11 is 0. The number of aromatic nitrogens is 1. The number of benzene rings is 1. The summed E-state index contributed by atoms with van der Waals surface area (Å²) in [6, 6.07) is 11.1. The Kier molecular flexibility index (Phi) is 4.96. The van der Waals surface area contributed by atoms with E-state index in [-0.39, 0.29) is 6.04 Å². The maximum atomic E-state index is 9.91. The van der Waals surface area contributed by atoms with E-state index in [2.05, 4.69) is 27.9 Å². The Bertz CT molecular complexity index is 933. The summed E-state index contributed by atoms with van der Waals surface area (Å²) in [5, 5.41) is 9.91. The van der Waals surface area contributed by atoms with Gasteiger partial charge < -0.3 is 15.4 Å². The van der Waals surface area contributed by atoms with Crippen LogP contribution in [0.25, 0.3) is 11.1 Å². The predicted molar refractivity (Wildman–Crippen MR) is 110 cm³/mol. The number of pyridine rings is 1. The van der Waals surface area contributed by atoms with Crippen LogP contribution in [0.2, 0.25) is 0 Å². The molecule has 3 heterocycles. The number of nitrogens with two attached hydrogens (primary N) is 1. The average Bonchev–Trinajstić information content (AvgIpc) is 2.90. The van der Waals surface area contributed by atoms with Gasteiger partial charge in [-0.05, 0) is 40.1 Å². The molecule has 6 heteroatoms. The molecule has 2 aromatic rings. The predicted octanol–water partition coefficient (Wildman–Crippen LogP) is 2.83. The van der Waals surface area contributed by atoms with E-state index in [1.165, 1.54) is 0 Å². The Morgan fingerprint density at radius 2 is 2.11 bits per heavy atom. The maximum Gasteiger partial charge on any atom is 0.142 e. The Labute approximate surface area is 166 Å². The van der Waals surface area contributed by atoms with Crippen molar-refractivity contribution < 1.29 is 4.74 Å². The lowest BCUT2D eigenvalue weighted by Gasteiger charge is -2.34. The molecule has 146 valence electrons. The molecule has 6 nitrogen and oxygen atoms in total. The quantitative estimate of drug-likeness (QED) is 0.863. The highest BCUT2D eigenvalue weighted by Gasteiger charge is 2.41. The average molecular weight is 377 g/mol. The highest BCUT2D eigenvalue weighted by molar-refractivity contribution is 5.83. The zero-order valence-corrected chi connectivity index (χ0v) is 16.8. The van der Waals surface area contributed by atoms with Crippen molar-refractivity contribution in [3.8, 4) is 22.9 Å². The van der Waals surface area contributed by atoms with Crippen molar-refractivity contribution in [2.45, 2.75) is 31.3 Å². The number of likely N-dealkylation sites (N-methyl/N-ethyl adjacent to an activating group) is 2. The molecule has 1 fully saturated rings. The van der Waals surface area contributed by atoms with Gasteiger partial charge in [0.05, 0.1) is 0 Å². The van der Waals surface area contributed by atoms with E-state index < -0.39 is 0 Å². The van der Waals surface area contributed by atoms with Crippen LogP contribution in [0.3, 0.4) is 0 Å². The Hall–Kier alpha value is -2.62. The smallest absolute Gasteiger partial charge is 0.142 e. The summed E-state index contributed by atoms with van der Waals surface area (Å²) < 4.78 is 6.11. The molecule has 0 spiro atoms. The number of nitriles is 1. The molecule has 2 atom stereocenters. The van der Waals surface area contributed by atoms with Crippen molar-refractivity contribution in [2.75, 3.05) is 40.0 Å². The number of nitrogen functional groups attached to an aromatic ring is 1. The molecule has 0 saturated carbocycles. The van der Waals surface area contributed by atoms with Crippen LogP contribution in [-0.2, 0) is 6.42 Å². The molecular weight excluding hydrogens is 350 g/mol. The maximum absolute atomic E-state index is 9.91. The van der Waals surface area contributed by atoms with Crippen molar-refractivity contribution in [1.82, 2.24) is 14.8 Å². The Morgan fingerprint density at radius 1 is 1.32 bits per heavy atom. The van der Waals surface area contributed by atoms with Gasteiger partial charge in [0, 0.05) is 47.4 Å². The molecule has 4 rings (SSSR count). The van der Waals surface area contributed by atoms with Crippen LogP contribution >= 0.6 is 0 Å². The molecule has 2 bridgehead atoms. The fraction of sp³-hybridized carbons (Fsp3) is 0.455. The summed E-state index contributed by atoms with van der Waals surface area (Å²) in [4.78, 5) is 9.16. The van der Waals surface area contributed by atoms with Crippen LogP contribution in [0.5, 0.6) is 5.75 Å². The van der Waals surface area contributed by atoms with Crippen LogP contribution in [0.1, 0.15) is 35.7 Å². The first-order valence-electron chi connectivity index (χ1n) is 9.82. The molecule has 0 unspecified atom stereocenters. The minimum Gasteiger partial charge on any atom is -0.492 e. The second-order valence-electron chi connectivity index (χ2n) is 7.98. The number of para-hydroxylation sites is 1. The summed E-state index contributed by atoms with van der Waals surface area (Å²) in [6.45, 7) is 1.41. The molecule has 0 aliphatic carbocycles. The second-order valence-corrected chi connectivity index (χ2v) is 7.98.